The third-order valence-electron chi connectivity index (χ3n) is 5.25. The second kappa shape index (κ2) is 11.0. The topological polar surface area (TPSA) is 86.8 Å². The summed E-state index contributed by atoms with van der Waals surface area (Å²) in [6, 6.07) is 14.1. The van der Waals surface area contributed by atoms with Crippen LogP contribution in [0, 0.1) is 13.8 Å². The minimum atomic E-state index is -3.75. The quantitative estimate of drug-likeness (QED) is 0.583. The van der Waals surface area contributed by atoms with Gasteiger partial charge in [-0.05, 0) is 69.9 Å². The fourth-order valence-electron chi connectivity index (χ4n) is 3.86. The van der Waals surface area contributed by atoms with Crippen LogP contribution in [-0.4, -0.2) is 49.5 Å². The number of carbonyl (C=O) groups excluding carboxylic acids is 2. The van der Waals surface area contributed by atoms with Crippen molar-refractivity contribution in [2.45, 2.75) is 66.1 Å². The molecule has 2 aromatic carbocycles. The van der Waals surface area contributed by atoms with Crippen molar-refractivity contribution in [2.75, 3.05) is 17.1 Å². The van der Waals surface area contributed by atoms with E-state index in [2.05, 4.69) is 5.32 Å². The molecule has 8 heteroatoms. The Morgan fingerprint density at radius 3 is 2.03 bits per heavy atom. The summed E-state index contributed by atoms with van der Waals surface area (Å²) in [6.45, 7) is 11.0. The van der Waals surface area contributed by atoms with E-state index < -0.39 is 34.1 Å². The molecule has 0 aliphatic rings. The van der Waals surface area contributed by atoms with Crippen LogP contribution in [0.5, 0.6) is 0 Å². The van der Waals surface area contributed by atoms with Crippen molar-refractivity contribution in [3.8, 4) is 0 Å². The van der Waals surface area contributed by atoms with Crippen LogP contribution < -0.4 is 9.62 Å². The number of carbonyl (C=O) groups is 2. The van der Waals surface area contributed by atoms with E-state index in [1.54, 1.807) is 12.1 Å². The van der Waals surface area contributed by atoms with Crippen molar-refractivity contribution >= 4 is 27.5 Å². The molecule has 0 bridgehead atoms. The van der Waals surface area contributed by atoms with Crippen LogP contribution in [-0.2, 0) is 26.2 Å². The van der Waals surface area contributed by atoms with E-state index in [1.165, 1.54) is 4.90 Å². The van der Waals surface area contributed by atoms with E-state index in [-0.39, 0.29) is 12.5 Å². The first kappa shape index (κ1) is 27.4. The standard InChI is InChI=1S/C26H37N3O4S/c1-8-23(25(31)27-26(4,5)6)28(17-21-12-10-9-11-13-21)24(30)18-29(34(7,32)33)22-15-19(2)14-20(3)16-22/h9-16,23H,8,17-18H2,1-7H3,(H,27,31)/t23-/m1/s1. The maximum Gasteiger partial charge on any atom is 0.244 e. The Labute approximate surface area is 204 Å². The number of hydrogen-bond donors (Lipinski definition) is 1. The SMILES string of the molecule is CC[C@H](C(=O)NC(C)(C)C)N(Cc1ccccc1)C(=O)CN(c1cc(C)cc(C)c1)S(C)(=O)=O. The molecule has 0 spiro atoms. The summed E-state index contributed by atoms with van der Waals surface area (Å²) in [7, 11) is -3.75. The van der Waals surface area contributed by atoms with E-state index >= 15 is 0 Å². The number of sulfonamides is 1. The molecule has 0 fully saturated rings. The fourth-order valence-corrected chi connectivity index (χ4v) is 4.69. The van der Waals surface area contributed by atoms with Crippen molar-refractivity contribution in [1.29, 1.82) is 0 Å². The lowest BCUT2D eigenvalue weighted by Gasteiger charge is -2.34. The van der Waals surface area contributed by atoms with Crippen LogP contribution in [0.2, 0.25) is 0 Å². The molecule has 0 unspecified atom stereocenters. The van der Waals surface area contributed by atoms with Crippen LogP contribution >= 0.6 is 0 Å². The van der Waals surface area contributed by atoms with Gasteiger partial charge in [0.2, 0.25) is 21.8 Å². The van der Waals surface area contributed by atoms with Gasteiger partial charge in [0.25, 0.3) is 0 Å². The molecule has 2 aromatic rings. The lowest BCUT2D eigenvalue weighted by molar-refractivity contribution is -0.141. The Kier molecular flexibility index (Phi) is 8.89. The van der Waals surface area contributed by atoms with E-state index in [4.69, 9.17) is 0 Å². The number of nitrogens with zero attached hydrogens (tertiary/aromatic N) is 2. The Morgan fingerprint density at radius 1 is 1.00 bits per heavy atom. The molecular weight excluding hydrogens is 450 g/mol. The van der Waals surface area contributed by atoms with Gasteiger partial charge >= 0.3 is 0 Å². The molecule has 0 saturated heterocycles. The summed E-state index contributed by atoms with van der Waals surface area (Å²) in [5.74, 6) is -0.707. The third-order valence-corrected chi connectivity index (χ3v) is 6.39. The lowest BCUT2D eigenvalue weighted by Crippen LogP contribution is -2.55. The third kappa shape index (κ3) is 7.87. The lowest BCUT2D eigenvalue weighted by atomic mass is 10.1. The number of amides is 2. The van der Waals surface area contributed by atoms with Crippen molar-refractivity contribution in [3.05, 3.63) is 65.2 Å². The number of anilines is 1. The fraction of sp³-hybridized carbons (Fsp3) is 0.462. The predicted octanol–water partition coefficient (Wildman–Crippen LogP) is 3.79. The van der Waals surface area contributed by atoms with Gasteiger partial charge in [0.1, 0.15) is 12.6 Å². The van der Waals surface area contributed by atoms with E-state index in [1.807, 2.05) is 77.9 Å². The summed E-state index contributed by atoms with van der Waals surface area (Å²) >= 11 is 0. The number of rotatable bonds is 9. The highest BCUT2D eigenvalue weighted by Gasteiger charge is 2.33. The summed E-state index contributed by atoms with van der Waals surface area (Å²) in [6.07, 6.45) is 1.48. The zero-order chi connectivity index (χ0) is 25.7. The molecule has 0 heterocycles. The number of nitrogens with one attached hydrogen (secondary N) is 1. The van der Waals surface area contributed by atoms with Crippen molar-refractivity contribution in [2.24, 2.45) is 0 Å². The second-order valence-corrected chi connectivity index (χ2v) is 11.7. The maximum absolute atomic E-state index is 13.7. The van der Waals surface area contributed by atoms with Gasteiger partial charge in [-0.3, -0.25) is 13.9 Å². The summed E-state index contributed by atoms with van der Waals surface area (Å²) < 4.78 is 26.5. The normalized spacial score (nSPS) is 12.7. The highest BCUT2D eigenvalue weighted by atomic mass is 32.2. The van der Waals surface area contributed by atoms with Gasteiger partial charge in [-0.1, -0.05) is 43.3 Å². The summed E-state index contributed by atoms with van der Waals surface area (Å²) in [5.41, 5.74) is 2.61. The number of aryl methyl sites for hydroxylation is 2. The number of benzene rings is 2. The highest BCUT2D eigenvalue weighted by molar-refractivity contribution is 7.92. The Morgan fingerprint density at radius 2 is 1.56 bits per heavy atom. The average Bonchev–Trinajstić information content (AvgIpc) is 2.69. The van der Waals surface area contributed by atoms with Crippen LogP contribution in [0.15, 0.2) is 48.5 Å². The van der Waals surface area contributed by atoms with Crippen molar-refractivity contribution in [3.63, 3.8) is 0 Å². The summed E-state index contributed by atoms with van der Waals surface area (Å²) in [4.78, 5) is 28.3. The molecule has 7 nitrogen and oxygen atoms in total. The Bertz CT molecular complexity index is 1090. The zero-order valence-corrected chi connectivity index (χ0v) is 22.1. The number of hydrogen-bond acceptors (Lipinski definition) is 4. The predicted molar refractivity (Wildman–Crippen MR) is 137 cm³/mol. The molecule has 0 aromatic heterocycles. The molecule has 0 saturated carbocycles. The van der Waals surface area contributed by atoms with Gasteiger partial charge in [0, 0.05) is 12.1 Å². The molecule has 1 atom stereocenters. The maximum atomic E-state index is 13.7. The molecule has 2 amide bonds. The van der Waals surface area contributed by atoms with Crippen LogP contribution in [0.25, 0.3) is 0 Å². The second-order valence-electron chi connectivity index (χ2n) is 9.79. The zero-order valence-electron chi connectivity index (χ0n) is 21.3. The molecule has 1 N–H and O–H groups in total. The molecule has 34 heavy (non-hydrogen) atoms. The van der Waals surface area contributed by atoms with E-state index in [0.717, 1.165) is 27.3 Å². The van der Waals surface area contributed by atoms with Gasteiger partial charge in [-0.2, -0.15) is 0 Å². The summed E-state index contributed by atoms with van der Waals surface area (Å²) in [5, 5.41) is 2.96. The minimum absolute atomic E-state index is 0.195. The van der Waals surface area contributed by atoms with Crippen molar-refractivity contribution < 1.29 is 18.0 Å². The highest BCUT2D eigenvalue weighted by Crippen LogP contribution is 2.22. The van der Waals surface area contributed by atoms with Gasteiger partial charge in [0.15, 0.2) is 0 Å². The van der Waals surface area contributed by atoms with Gasteiger partial charge in [-0.15, -0.1) is 0 Å². The smallest absolute Gasteiger partial charge is 0.244 e. The molecule has 0 radical (unpaired) electrons. The average molecular weight is 488 g/mol. The first-order valence-electron chi connectivity index (χ1n) is 11.4. The van der Waals surface area contributed by atoms with Crippen LogP contribution in [0.4, 0.5) is 5.69 Å². The first-order valence-corrected chi connectivity index (χ1v) is 13.3. The molecule has 0 aliphatic heterocycles. The van der Waals surface area contributed by atoms with Crippen LogP contribution in [0.3, 0.4) is 0 Å². The first-order chi connectivity index (χ1) is 15.7. The van der Waals surface area contributed by atoms with Crippen LogP contribution in [0.1, 0.15) is 50.8 Å². The van der Waals surface area contributed by atoms with Gasteiger partial charge in [-0.25, -0.2) is 8.42 Å². The Hall–Kier alpha value is -2.87. The molecular formula is C26H37N3O4S. The van der Waals surface area contributed by atoms with E-state index in [9.17, 15) is 18.0 Å². The molecule has 2 rings (SSSR count). The van der Waals surface area contributed by atoms with E-state index in [0.29, 0.717) is 12.1 Å². The molecule has 186 valence electrons. The van der Waals surface area contributed by atoms with Gasteiger partial charge < -0.3 is 10.2 Å². The van der Waals surface area contributed by atoms with Gasteiger partial charge in [0.05, 0.1) is 11.9 Å². The monoisotopic (exact) mass is 487 g/mol. The molecule has 0 aliphatic carbocycles. The van der Waals surface area contributed by atoms with Crippen molar-refractivity contribution in [1.82, 2.24) is 10.2 Å². The Balaban J connectivity index is 2.46. The largest absolute Gasteiger partial charge is 0.350 e. The minimum Gasteiger partial charge on any atom is -0.350 e.